The van der Waals surface area contributed by atoms with E-state index in [4.69, 9.17) is 10.4 Å². The molecule has 0 saturated heterocycles. The minimum absolute atomic E-state index is 0.685. The van der Waals surface area contributed by atoms with Crippen molar-refractivity contribution >= 4 is 11.4 Å². The Bertz CT molecular complexity index is 137. The number of oxime groups is 2. The van der Waals surface area contributed by atoms with E-state index in [9.17, 15) is 0 Å². The smallest absolute Gasteiger partial charge is 0.0537 e. The molecular formula is C7H16N2O2. The third-order valence-corrected chi connectivity index (χ3v) is 0.882. The zero-order valence-corrected chi connectivity index (χ0v) is 7.50. The summed E-state index contributed by atoms with van der Waals surface area (Å²) in [6.45, 7) is 7.16. The molecular weight excluding hydrogens is 144 g/mol. The van der Waals surface area contributed by atoms with Gasteiger partial charge in [-0.25, -0.2) is 0 Å². The molecule has 2 N–H and O–H groups in total. The van der Waals surface area contributed by atoms with Crippen LogP contribution in [0.3, 0.4) is 0 Å². The number of hydrogen-bond donors (Lipinski definition) is 2. The normalized spacial score (nSPS) is 9.64. The minimum Gasteiger partial charge on any atom is -0.411 e. The maximum atomic E-state index is 7.92. The van der Waals surface area contributed by atoms with E-state index >= 15 is 0 Å². The topological polar surface area (TPSA) is 65.2 Å². The summed E-state index contributed by atoms with van der Waals surface area (Å²) in [5.41, 5.74) is 1.46. The summed E-state index contributed by atoms with van der Waals surface area (Å²) < 4.78 is 0. The van der Waals surface area contributed by atoms with Crippen LogP contribution < -0.4 is 0 Å². The molecule has 0 aliphatic rings. The lowest BCUT2D eigenvalue weighted by Crippen LogP contribution is -1.83. The van der Waals surface area contributed by atoms with E-state index in [0.29, 0.717) is 5.71 Å². The summed E-state index contributed by atoms with van der Waals surface area (Å²) >= 11 is 0. The van der Waals surface area contributed by atoms with Crippen LogP contribution in [0.15, 0.2) is 10.3 Å². The highest BCUT2D eigenvalue weighted by atomic mass is 16.4. The summed E-state index contributed by atoms with van der Waals surface area (Å²) in [6, 6.07) is 0. The van der Waals surface area contributed by atoms with E-state index in [1.54, 1.807) is 20.8 Å². The molecule has 0 spiro atoms. The van der Waals surface area contributed by atoms with Gasteiger partial charge < -0.3 is 10.4 Å². The molecule has 0 unspecified atom stereocenters. The Hall–Kier alpha value is -1.06. The van der Waals surface area contributed by atoms with Crippen LogP contribution in [0.1, 0.15) is 34.1 Å². The van der Waals surface area contributed by atoms with Gasteiger partial charge in [0.2, 0.25) is 0 Å². The zero-order valence-electron chi connectivity index (χ0n) is 7.50. The molecule has 0 fully saturated rings. The lowest BCUT2D eigenvalue weighted by molar-refractivity contribution is 0.317. The predicted octanol–water partition coefficient (Wildman–Crippen LogP) is 2.10. The summed E-state index contributed by atoms with van der Waals surface area (Å²) in [6.07, 6.45) is 0.830. The SMILES string of the molecule is CC(C)=NO.CCC(C)=NO. The molecule has 0 aromatic carbocycles. The summed E-state index contributed by atoms with van der Waals surface area (Å²) in [4.78, 5) is 0. The second kappa shape index (κ2) is 8.94. The molecule has 0 bridgehead atoms. The van der Waals surface area contributed by atoms with Crippen LogP contribution in [0.5, 0.6) is 0 Å². The Morgan fingerprint density at radius 3 is 1.45 bits per heavy atom. The Morgan fingerprint density at radius 1 is 1.09 bits per heavy atom. The quantitative estimate of drug-likeness (QED) is 0.350. The van der Waals surface area contributed by atoms with Crippen LogP contribution in [-0.4, -0.2) is 21.8 Å². The van der Waals surface area contributed by atoms with Gasteiger partial charge >= 0.3 is 0 Å². The third kappa shape index (κ3) is 17.6. The molecule has 0 heterocycles. The van der Waals surface area contributed by atoms with Crippen LogP contribution in [0, 0.1) is 0 Å². The average Bonchev–Trinajstić information content (AvgIpc) is 2.04. The maximum absolute atomic E-state index is 7.92. The Labute approximate surface area is 67.2 Å². The first kappa shape index (κ1) is 12.6. The van der Waals surface area contributed by atoms with Crippen molar-refractivity contribution in [3.8, 4) is 0 Å². The fraction of sp³-hybridized carbons (Fsp3) is 0.714. The van der Waals surface area contributed by atoms with Gasteiger partial charge in [0.05, 0.1) is 11.4 Å². The second-order valence-corrected chi connectivity index (χ2v) is 2.24. The third-order valence-electron chi connectivity index (χ3n) is 0.882. The predicted molar refractivity (Wildman–Crippen MR) is 45.8 cm³/mol. The van der Waals surface area contributed by atoms with Crippen molar-refractivity contribution in [2.75, 3.05) is 0 Å². The Balaban J connectivity index is 0. The Kier molecular flexibility index (Phi) is 10.2. The van der Waals surface area contributed by atoms with Crippen molar-refractivity contribution in [2.24, 2.45) is 10.3 Å². The molecule has 0 amide bonds. The highest BCUT2D eigenvalue weighted by Crippen LogP contribution is 1.78. The van der Waals surface area contributed by atoms with Crippen molar-refractivity contribution in [3.05, 3.63) is 0 Å². The zero-order chi connectivity index (χ0) is 9.28. The molecule has 0 saturated carbocycles. The van der Waals surface area contributed by atoms with Crippen LogP contribution in [-0.2, 0) is 0 Å². The molecule has 0 aromatic rings. The first-order valence-corrected chi connectivity index (χ1v) is 3.41. The van der Waals surface area contributed by atoms with Gasteiger partial charge in [0.25, 0.3) is 0 Å². The van der Waals surface area contributed by atoms with Gasteiger partial charge in [0, 0.05) is 0 Å². The second-order valence-electron chi connectivity index (χ2n) is 2.24. The Morgan fingerprint density at radius 2 is 1.45 bits per heavy atom. The van der Waals surface area contributed by atoms with E-state index < -0.39 is 0 Å². The molecule has 4 heteroatoms. The molecule has 0 atom stereocenters. The summed E-state index contributed by atoms with van der Waals surface area (Å²) in [7, 11) is 0. The highest BCUT2D eigenvalue weighted by molar-refractivity contribution is 5.80. The first-order valence-electron chi connectivity index (χ1n) is 3.41. The molecule has 4 nitrogen and oxygen atoms in total. The first-order chi connectivity index (χ1) is 5.08. The molecule has 0 aliphatic carbocycles. The molecule has 66 valence electrons. The van der Waals surface area contributed by atoms with Crippen molar-refractivity contribution in [1.29, 1.82) is 0 Å². The summed E-state index contributed by atoms with van der Waals surface area (Å²) in [5.74, 6) is 0. The van der Waals surface area contributed by atoms with Gasteiger partial charge in [-0.2, -0.15) is 0 Å². The lowest BCUT2D eigenvalue weighted by atomic mass is 10.3. The maximum Gasteiger partial charge on any atom is 0.0537 e. The average molecular weight is 160 g/mol. The molecule has 0 aromatic heterocycles. The molecule has 0 radical (unpaired) electrons. The fourth-order valence-electron chi connectivity index (χ4n) is 0.0707. The standard InChI is InChI=1S/C4H9NO.C3H7NO/c1-3-4(2)5-6;1-3(2)4-5/h6H,3H2,1-2H3;5H,1-2H3. The fourth-order valence-corrected chi connectivity index (χ4v) is 0.0707. The van der Waals surface area contributed by atoms with E-state index in [-0.39, 0.29) is 0 Å². The van der Waals surface area contributed by atoms with Crippen molar-refractivity contribution in [2.45, 2.75) is 34.1 Å². The van der Waals surface area contributed by atoms with Crippen molar-refractivity contribution in [3.63, 3.8) is 0 Å². The van der Waals surface area contributed by atoms with Gasteiger partial charge in [0.1, 0.15) is 0 Å². The van der Waals surface area contributed by atoms with Gasteiger partial charge in [-0.05, 0) is 27.2 Å². The molecule has 0 rings (SSSR count). The van der Waals surface area contributed by atoms with Crippen LogP contribution in [0.25, 0.3) is 0 Å². The van der Waals surface area contributed by atoms with E-state index in [0.717, 1.165) is 12.1 Å². The summed E-state index contributed by atoms with van der Waals surface area (Å²) in [5, 5.41) is 21.4. The van der Waals surface area contributed by atoms with Gasteiger partial charge in [0.15, 0.2) is 0 Å². The largest absolute Gasteiger partial charge is 0.411 e. The molecule has 0 aliphatic heterocycles. The van der Waals surface area contributed by atoms with E-state index in [1.807, 2.05) is 6.92 Å². The van der Waals surface area contributed by atoms with Crippen molar-refractivity contribution < 1.29 is 10.4 Å². The van der Waals surface area contributed by atoms with Gasteiger partial charge in [-0.15, -0.1) is 0 Å². The van der Waals surface area contributed by atoms with Crippen LogP contribution in [0.4, 0.5) is 0 Å². The lowest BCUT2D eigenvalue weighted by Gasteiger charge is -1.81. The van der Waals surface area contributed by atoms with Crippen molar-refractivity contribution in [1.82, 2.24) is 0 Å². The van der Waals surface area contributed by atoms with Gasteiger partial charge in [-0.1, -0.05) is 17.2 Å². The van der Waals surface area contributed by atoms with Crippen LogP contribution >= 0.6 is 0 Å². The van der Waals surface area contributed by atoms with Gasteiger partial charge in [-0.3, -0.25) is 0 Å². The van der Waals surface area contributed by atoms with E-state index in [1.165, 1.54) is 0 Å². The monoisotopic (exact) mass is 160 g/mol. The number of hydrogen-bond acceptors (Lipinski definition) is 4. The number of rotatable bonds is 1. The number of nitrogens with zero attached hydrogens (tertiary/aromatic N) is 2. The van der Waals surface area contributed by atoms with E-state index in [2.05, 4.69) is 10.3 Å². The minimum atomic E-state index is 0.685. The molecule has 11 heavy (non-hydrogen) atoms. The highest BCUT2D eigenvalue weighted by Gasteiger charge is 1.77. The van der Waals surface area contributed by atoms with Crippen LogP contribution in [0.2, 0.25) is 0 Å².